The highest BCUT2D eigenvalue weighted by atomic mass is 32.2. The lowest BCUT2D eigenvalue weighted by Gasteiger charge is -2.15. The van der Waals surface area contributed by atoms with Crippen LogP contribution >= 0.6 is 11.8 Å². The van der Waals surface area contributed by atoms with E-state index in [2.05, 4.69) is 4.74 Å². The van der Waals surface area contributed by atoms with E-state index in [0.29, 0.717) is 0 Å². The molecule has 9 nitrogen and oxygen atoms in total. The summed E-state index contributed by atoms with van der Waals surface area (Å²) in [5.41, 5.74) is 3.88. The Balaban J connectivity index is 1.53. The third kappa shape index (κ3) is 5.49. The van der Waals surface area contributed by atoms with Crippen LogP contribution < -0.4 is 0 Å². The van der Waals surface area contributed by atoms with Gasteiger partial charge < -0.3 is 14.2 Å². The van der Waals surface area contributed by atoms with Gasteiger partial charge in [-0.1, -0.05) is 48.5 Å². The Kier molecular flexibility index (Phi) is 7.88. The first kappa shape index (κ1) is 25.9. The molecule has 190 valence electrons. The van der Waals surface area contributed by atoms with Crippen molar-refractivity contribution >= 4 is 35.4 Å². The van der Waals surface area contributed by atoms with Crippen LogP contribution in [0, 0.1) is 10.1 Å². The van der Waals surface area contributed by atoms with Crippen molar-refractivity contribution in [1.29, 1.82) is 0 Å². The van der Waals surface area contributed by atoms with Gasteiger partial charge in [-0.25, -0.2) is 4.79 Å². The van der Waals surface area contributed by atoms with Gasteiger partial charge in [0.2, 0.25) is 0 Å². The maximum Gasteiger partial charge on any atom is 0.338 e. The Morgan fingerprint density at radius 3 is 2.14 bits per heavy atom. The molecule has 0 spiro atoms. The van der Waals surface area contributed by atoms with Gasteiger partial charge in [-0.05, 0) is 34.4 Å². The number of hydrogen-bond acceptors (Lipinski definition) is 9. The molecule has 10 heteroatoms. The molecule has 1 aliphatic rings. The lowest BCUT2D eigenvalue weighted by Crippen LogP contribution is -2.23. The highest BCUT2D eigenvalue weighted by Crippen LogP contribution is 2.44. The highest BCUT2D eigenvalue weighted by Gasteiger charge is 2.31. The first-order valence-electron chi connectivity index (χ1n) is 11.3. The summed E-state index contributed by atoms with van der Waals surface area (Å²) >= 11 is 0.790. The molecule has 0 amide bonds. The highest BCUT2D eigenvalue weighted by molar-refractivity contribution is 8.00. The summed E-state index contributed by atoms with van der Waals surface area (Å²) in [4.78, 5) is 47.9. The number of esters is 3. The number of nitrogens with zero attached hydrogens (tertiary/aromatic N) is 1. The first-order valence-corrected chi connectivity index (χ1v) is 12.2. The molecular weight excluding hydrogens is 498 g/mol. The predicted octanol–water partition coefficient (Wildman–Crippen LogP) is 4.76. The smallest absolute Gasteiger partial charge is 0.338 e. The van der Waals surface area contributed by atoms with Gasteiger partial charge in [-0.15, -0.1) is 11.8 Å². The molecular formula is C27H23NO8S. The Bertz CT molecular complexity index is 1330. The van der Waals surface area contributed by atoms with Crippen LogP contribution in [-0.4, -0.2) is 48.9 Å². The Morgan fingerprint density at radius 2 is 1.57 bits per heavy atom. The van der Waals surface area contributed by atoms with Crippen LogP contribution in [-0.2, 0) is 23.8 Å². The van der Waals surface area contributed by atoms with Crippen molar-refractivity contribution in [1.82, 2.24) is 0 Å². The quantitative estimate of drug-likeness (QED) is 0.129. The number of carbonyl (C=O) groups is 3. The van der Waals surface area contributed by atoms with Crippen LogP contribution in [0.15, 0.2) is 71.6 Å². The van der Waals surface area contributed by atoms with Gasteiger partial charge >= 0.3 is 17.9 Å². The monoisotopic (exact) mass is 521 g/mol. The minimum Gasteiger partial charge on any atom is -0.469 e. The molecule has 0 radical (unpaired) electrons. The molecule has 0 aliphatic heterocycles. The number of benzene rings is 3. The molecule has 0 saturated carbocycles. The van der Waals surface area contributed by atoms with E-state index in [9.17, 15) is 24.5 Å². The SMILES string of the molecule is COC(=O)CC(Sc1ccc(C(=O)OCC2c3ccccc3-c3ccccc32)cc1[N+](=O)[O-])C(=O)OC. The van der Waals surface area contributed by atoms with E-state index in [0.717, 1.165) is 47.2 Å². The van der Waals surface area contributed by atoms with Crippen LogP contribution in [0.2, 0.25) is 0 Å². The van der Waals surface area contributed by atoms with Crippen LogP contribution in [0.4, 0.5) is 5.69 Å². The number of carbonyl (C=O) groups excluding carboxylic acids is 3. The van der Waals surface area contributed by atoms with E-state index in [1.165, 1.54) is 19.2 Å². The topological polar surface area (TPSA) is 122 Å². The van der Waals surface area contributed by atoms with Gasteiger partial charge in [0.05, 0.1) is 36.0 Å². The Labute approximate surface area is 216 Å². The second kappa shape index (κ2) is 11.3. The Hall–Kier alpha value is -4.18. The molecule has 0 N–H and O–H groups in total. The van der Waals surface area contributed by atoms with E-state index in [1.54, 1.807) is 0 Å². The van der Waals surface area contributed by atoms with E-state index in [4.69, 9.17) is 9.47 Å². The average Bonchev–Trinajstić information content (AvgIpc) is 3.24. The number of ether oxygens (including phenoxy) is 3. The molecule has 37 heavy (non-hydrogen) atoms. The third-order valence-electron chi connectivity index (χ3n) is 6.05. The molecule has 0 saturated heterocycles. The summed E-state index contributed by atoms with van der Waals surface area (Å²) < 4.78 is 14.9. The largest absolute Gasteiger partial charge is 0.469 e. The maximum absolute atomic E-state index is 12.9. The summed E-state index contributed by atoms with van der Waals surface area (Å²) in [6.45, 7) is 0.0701. The fourth-order valence-corrected chi connectivity index (χ4v) is 5.38. The number of hydrogen-bond donors (Lipinski definition) is 0. The normalized spacial score (nSPS) is 12.7. The van der Waals surface area contributed by atoms with Crippen LogP contribution in [0.5, 0.6) is 0 Å². The molecule has 3 aromatic carbocycles. The standard InChI is InChI=1S/C27H23NO8S/c1-34-25(29)14-24(27(31)35-2)37-23-12-11-16(13-22(23)28(32)33)26(30)36-15-21-19-9-5-3-7-17(19)18-8-4-6-10-20(18)21/h3-13,21,24H,14-15H2,1-2H3. The van der Waals surface area contributed by atoms with Crippen molar-refractivity contribution in [3.8, 4) is 11.1 Å². The summed E-state index contributed by atoms with van der Waals surface area (Å²) in [6.07, 6.45) is -0.334. The third-order valence-corrected chi connectivity index (χ3v) is 7.29. The van der Waals surface area contributed by atoms with Gasteiger partial charge in [-0.2, -0.15) is 0 Å². The summed E-state index contributed by atoms with van der Waals surface area (Å²) in [7, 11) is 2.33. The fraction of sp³-hybridized carbons (Fsp3) is 0.222. The van der Waals surface area contributed by atoms with Crippen LogP contribution in [0.3, 0.4) is 0 Å². The van der Waals surface area contributed by atoms with Crippen molar-refractivity contribution in [2.45, 2.75) is 22.5 Å². The van der Waals surface area contributed by atoms with Gasteiger partial charge in [0, 0.05) is 12.0 Å². The number of nitro groups is 1. The van der Waals surface area contributed by atoms with Crippen molar-refractivity contribution in [2.75, 3.05) is 20.8 Å². The number of thioether (sulfide) groups is 1. The van der Waals surface area contributed by atoms with E-state index in [1.807, 2.05) is 48.5 Å². The molecule has 1 unspecified atom stereocenters. The molecule has 1 aliphatic carbocycles. The zero-order chi connectivity index (χ0) is 26.5. The second-order valence-electron chi connectivity index (χ2n) is 8.18. The summed E-state index contributed by atoms with van der Waals surface area (Å²) in [5.74, 6) is -2.26. The molecule has 0 bridgehead atoms. The second-order valence-corrected chi connectivity index (χ2v) is 9.42. The van der Waals surface area contributed by atoms with Crippen molar-refractivity contribution in [2.24, 2.45) is 0 Å². The zero-order valence-corrected chi connectivity index (χ0v) is 20.9. The number of nitro benzene ring substituents is 1. The molecule has 0 aromatic heterocycles. The van der Waals surface area contributed by atoms with Gasteiger partial charge in [0.15, 0.2) is 0 Å². The van der Waals surface area contributed by atoms with E-state index >= 15 is 0 Å². The number of fused-ring (bicyclic) bond motifs is 3. The van der Waals surface area contributed by atoms with E-state index in [-0.39, 0.29) is 29.4 Å². The van der Waals surface area contributed by atoms with Crippen LogP contribution in [0.1, 0.15) is 33.8 Å². The molecule has 3 aromatic rings. The molecule has 0 heterocycles. The van der Waals surface area contributed by atoms with Gasteiger partial charge in [-0.3, -0.25) is 19.7 Å². The van der Waals surface area contributed by atoms with Crippen LogP contribution in [0.25, 0.3) is 11.1 Å². The molecule has 4 rings (SSSR count). The van der Waals surface area contributed by atoms with Crippen molar-refractivity contribution in [3.63, 3.8) is 0 Å². The lowest BCUT2D eigenvalue weighted by molar-refractivity contribution is -0.387. The number of rotatable bonds is 9. The van der Waals surface area contributed by atoms with E-state index < -0.39 is 33.8 Å². The first-order chi connectivity index (χ1) is 17.8. The maximum atomic E-state index is 12.9. The van der Waals surface area contributed by atoms with Crippen molar-refractivity contribution in [3.05, 3.63) is 93.5 Å². The minimum atomic E-state index is -1.06. The fourth-order valence-electron chi connectivity index (χ4n) is 4.26. The zero-order valence-electron chi connectivity index (χ0n) is 20.0. The predicted molar refractivity (Wildman–Crippen MR) is 135 cm³/mol. The van der Waals surface area contributed by atoms with Crippen molar-refractivity contribution < 1.29 is 33.5 Å². The average molecular weight is 522 g/mol. The van der Waals surface area contributed by atoms with Gasteiger partial charge in [0.25, 0.3) is 5.69 Å². The minimum absolute atomic E-state index is 0.00166. The number of methoxy groups -OCH3 is 2. The molecule has 0 fully saturated rings. The molecule has 1 atom stereocenters. The van der Waals surface area contributed by atoms with Gasteiger partial charge in [0.1, 0.15) is 11.9 Å². The Morgan fingerprint density at radius 1 is 0.946 bits per heavy atom. The summed E-state index contributed by atoms with van der Waals surface area (Å²) in [5, 5.41) is 10.7. The summed E-state index contributed by atoms with van der Waals surface area (Å²) in [6, 6.07) is 19.7. The lowest BCUT2D eigenvalue weighted by atomic mass is 9.98.